The normalized spacial score (nSPS) is 17.0. The zero-order valence-electron chi connectivity index (χ0n) is 16.7. The average Bonchev–Trinajstić information content (AvgIpc) is 2.67. The van der Waals surface area contributed by atoms with E-state index >= 15 is 0 Å². The topological polar surface area (TPSA) is 92.0 Å². The lowest BCUT2D eigenvalue weighted by Gasteiger charge is -2.35. The summed E-state index contributed by atoms with van der Waals surface area (Å²) in [5.74, 6) is 0.967. The van der Waals surface area contributed by atoms with Crippen molar-refractivity contribution in [2.45, 2.75) is 32.9 Å². The van der Waals surface area contributed by atoms with E-state index in [9.17, 15) is 4.79 Å². The van der Waals surface area contributed by atoms with E-state index in [4.69, 9.17) is 10.5 Å². The number of morpholine rings is 1. The second-order valence-electron chi connectivity index (χ2n) is 7.30. The van der Waals surface area contributed by atoms with Gasteiger partial charge in [0.2, 0.25) is 5.91 Å². The summed E-state index contributed by atoms with van der Waals surface area (Å²) in [5.41, 5.74) is 6.85. The fraction of sp³-hybridized carbons (Fsp3) is 0.600. The van der Waals surface area contributed by atoms with Crippen LogP contribution in [0.1, 0.15) is 36.2 Å². The predicted octanol–water partition coefficient (Wildman–Crippen LogP) is 1.20. The van der Waals surface area contributed by atoms with E-state index in [-0.39, 0.29) is 0 Å². The summed E-state index contributed by atoms with van der Waals surface area (Å²) in [7, 11) is 1.77. The summed E-state index contributed by atoms with van der Waals surface area (Å²) < 4.78 is 5.48. The van der Waals surface area contributed by atoms with E-state index in [0.29, 0.717) is 24.1 Å². The van der Waals surface area contributed by atoms with Crippen LogP contribution in [0, 0.1) is 5.92 Å². The van der Waals surface area contributed by atoms with Crippen LogP contribution in [0.25, 0.3) is 0 Å². The number of amides is 1. The van der Waals surface area contributed by atoms with Gasteiger partial charge in [0.25, 0.3) is 0 Å². The number of aliphatic imine (C=N–C) groups is 1. The SMILES string of the molecule is CN=C(NCc1cccc(C(N)=O)c1)NCC(CC(C)C)N1CCOCC1. The number of rotatable bonds is 8. The summed E-state index contributed by atoms with van der Waals surface area (Å²) in [6, 6.07) is 7.77. The number of ether oxygens (including phenoxy) is 1. The highest BCUT2D eigenvalue weighted by Crippen LogP contribution is 2.13. The van der Waals surface area contributed by atoms with E-state index in [1.54, 1.807) is 19.2 Å². The first kappa shape index (κ1) is 21.2. The Morgan fingerprint density at radius 2 is 2.04 bits per heavy atom. The van der Waals surface area contributed by atoms with Gasteiger partial charge in [-0.1, -0.05) is 26.0 Å². The van der Waals surface area contributed by atoms with Crippen molar-refractivity contribution < 1.29 is 9.53 Å². The summed E-state index contributed by atoms with van der Waals surface area (Å²) in [4.78, 5) is 18.1. The highest BCUT2D eigenvalue weighted by molar-refractivity contribution is 5.92. The lowest BCUT2D eigenvalue weighted by Crippen LogP contribution is -2.50. The molecule has 4 N–H and O–H groups in total. The zero-order chi connectivity index (χ0) is 19.6. The standard InChI is InChI=1S/C20H33N5O2/c1-15(2)11-18(25-7-9-27-10-8-25)14-24-20(22-3)23-13-16-5-4-6-17(12-16)19(21)26/h4-6,12,15,18H,7-11,13-14H2,1-3H3,(H2,21,26)(H2,22,23,24). The number of nitrogens with two attached hydrogens (primary N) is 1. The lowest BCUT2D eigenvalue weighted by atomic mass is 10.0. The largest absolute Gasteiger partial charge is 0.379 e. The highest BCUT2D eigenvalue weighted by atomic mass is 16.5. The Balaban J connectivity index is 1.88. The van der Waals surface area contributed by atoms with Gasteiger partial charge in [0, 0.05) is 44.8 Å². The molecule has 1 atom stereocenters. The molecule has 0 radical (unpaired) electrons. The molecule has 0 aliphatic carbocycles. The van der Waals surface area contributed by atoms with Gasteiger partial charge in [-0.3, -0.25) is 14.7 Å². The van der Waals surface area contributed by atoms with Crippen LogP contribution in [0.5, 0.6) is 0 Å². The number of primary amides is 1. The Bertz CT molecular complexity index is 627. The van der Waals surface area contributed by atoms with Crippen molar-refractivity contribution in [3.63, 3.8) is 0 Å². The fourth-order valence-corrected chi connectivity index (χ4v) is 3.30. The molecule has 1 aliphatic rings. The van der Waals surface area contributed by atoms with Crippen molar-refractivity contribution in [2.24, 2.45) is 16.6 Å². The molecule has 7 nitrogen and oxygen atoms in total. The van der Waals surface area contributed by atoms with Crippen LogP contribution >= 0.6 is 0 Å². The minimum atomic E-state index is -0.415. The number of guanidine groups is 1. The van der Waals surface area contributed by atoms with Gasteiger partial charge in [-0.05, 0) is 30.0 Å². The van der Waals surface area contributed by atoms with Crippen molar-refractivity contribution >= 4 is 11.9 Å². The molecule has 0 spiro atoms. The molecular weight excluding hydrogens is 342 g/mol. The molecule has 27 heavy (non-hydrogen) atoms. The molecule has 1 saturated heterocycles. The van der Waals surface area contributed by atoms with E-state index in [0.717, 1.165) is 50.8 Å². The van der Waals surface area contributed by atoms with Gasteiger partial charge in [-0.15, -0.1) is 0 Å². The van der Waals surface area contributed by atoms with Crippen LogP contribution in [0.2, 0.25) is 0 Å². The molecule has 7 heteroatoms. The molecule has 150 valence electrons. The third-order valence-electron chi connectivity index (χ3n) is 4.71. The molecule has 0 saturated carbocycles. The van der Waals surface area contributed by atoms with Crippen LogP contribution in [0.4, 0.5) is 0 Å². The van der Waals surface area contributed by atoms with Crippen LogP contribution in [-0.2, 0) is 11.3 Å². The molecular formula is C20H33N5O2. The molecule has 1 unspecified atom stereocenters. The molecule has 1 amide bonds. The average molecular weight is 376 g/mol. The maximum Gasteiger partial charge on any atom is 0.248 e. The predicted molar refractivity (Wildman–Crippen MR) is 109 cm³/mol. The van der Waals surface area contributed by atoms with E-state index in [2.05, 4.69) is 34.4 Å². The van der Waals surface area contributed by atoms with E-state index < -0.39 is 5.91 Å². The number of hydrogen-bond donors (Lipinski definition) is 3. The second kappa shape index (κ2) is 10.9. The number of benzene rings is 1. The number of hydrogen-bond acceptors (Lipinski definition) is 4. The van der Waals surface area contributed by atoms with Gasteiger partial charge in [0.15, 0.2) is 5.96 Å². The smallest absolute Gasteiger partial charge is 0.248 e. The number of carbonyl (C=O) groups is 1. The fourth-order valence-electron chi connectivity index (χ4n) is 3.30. The van der Waals surface area contributed by atoms with Gasteiger partial charge >= 0.3 is 0 Å². The third-order valence-corrected chi connectivity index (χ3v) is 4.71. The van der Waals surface area contributed by atoms with Crippen LogP contribution in [0.3, 0.4) is 0 Å². The minimum absolute atomic E-state index is 0.415. The highest BCUT2D eigenvalue weighted by Gasteiger charge is 2.22. The number of nitrogens with zero attached hydrogens (tertiary/aromatic N) is 2. The van der Waals surface area contributed by atoms with Crippen molar-refractivity contribution in [1.29, 1.82) is 0 Å². The second-order valence-corrected chi connectivity index (χ2v) is 7.30. The first-order chi connectivity index (χ1) is 13.0. The summed E-state index contributed by atoms with van der Waals surface area (Å²) in [5, 5.41) is 6.75. The first-order valence-electron chi connectivity index (χ1n) is 9.64. The van der Waals surface area contributed by atoms with Gasteiger partial charge in [-0.2, -0.15) is 0 Å². The van der Waals surface area contributed by atoms with Gasteiger partial charge in [-0.25, -0.2) is 0 Å². The van der Waals surface area contributed by atoms with Crippen LogP contribution < -0.4 is 16.4 Å². The van der Waals surface area contributed by atoms with E-state index in [1.807, 2.05) is 12.1 Å². The zero-order valence-corrected chi connectivity index (χ0v) is 16.7. The molecule has 1 aromatic carbocycles. The molecule has 1 fully saturated rings. The van der Waals surface area contributed by atoms with Crippen LogP contribution in [0.15, 0.2) is 29.3 Å². The summed E-state index contributed by atoms with van der Waals surface area (Å²) >= 11 is 0. The maximum absolute atomic E-state index is 11.3. The van der Waals surface area contributed by atoms with Gasteiger partial charge < -0.3 is 21.1 Å². The lowest BCUT2D eigenvalue weighted by molar-refractivity contribution is 0.0132. The monoisotopic (exact) mass is 375 g/mol. The van der Waals surface area contributed by atoms with Crippen molar-refractivity contribution in [2.75, 3.05) is 39.9 Å². The van der Waals surface area contributed by atoms with Crippen molar-refractivity contribution in [3.05, 3.63) is 35.4 Å². The molecule has 2 rings (SSSR count). The Hall–Kier alpha value is -2.12. The Morgan fingerprint density at radius 1 is 1.30 bits per heavy atom. The molecule has 1 heterocycles. The Kier molecular flexibility index (Phi) is 8.54. The van der Waals surface area contributed by atoms with Crippen LogP contribution in [-0.4, -0.2) is 62.7 Å². The minimum Gasteiger partial charge on any atom is -0.379 e. The maximum atomic E-state index is 11.3. The van der Waals surface area contributed by atoms with Gasteiger partial charge in [0.05, 0.1) is 13.2 Å². The quantitative estimate of drug-likeness (QED) is 0.469. The third kappa shape index (κ3) is 7.19. The molecule has 1 aliphatic heterocycles. The van der Waals surface area contributed by atoms with Crippen molar-refractivity contribution in [3.8, 4) is 0 Å². The number of carbonyl (C=O) groups excluding carboxylic acids is 1. The van der Waals surface area contributed by atoms with Crippen molar-refractivity contribution in [1.82, 2.24) is 15.5 Å². The number of nitrogens with one attached hydrogen (secondary N) is 2. The Labute approximate surface area is 162 Å². The summed E-state index contributed by atoms with van der Waals surface area (Å²) in [6.45, 7) is 9.48. The Morgan fingerprint density at radius 3 is 2.67 bits per heavy atom. The van der Waals surface area contributed by atoms with E-state index in [1.165, 1.54) is 0 Å². The van der Waals surface area contributed by atoms with Gasteiger partial charge in [0.1, 0.15) is 0 Å². The molecule has 1 aromatic rings. The molecule has 0 bridgehead atoms. The molecule has 0 aromatic heterocycles. The summed E-state index contributed by atoms with van der Waals surface area (Å²) in [6.07, 6.45) is 1.13. The first-order valence-corrected chi connectivity index (χ1v) is 9.64.